The lowest BCUT2D eigenvalue weighted by Crippen LogP contribution is -2.25. The SMILES string of the molecule is CC(=O)c1cccc(NCCC(=O)NCc2ccccn2)c1. The quantitative estimate of drug-likeness (QED) is 0.770. The highest BCUT2D eigenvalue weighted by molar-refractivity contribution is 5.94. The second-order valence-electron chi connectivity index (χ2n) is 4.91. The molecule has 0 aliphatic rings. The molecule has 0 aliphatic heterocycles. The van der Waals surface area contributed by atoms with E-state index < -0.39 is 0 Å². The Labute approximate surface area is 129 Å². The maximum atomic E-state index is 11.7. The van der Waals surface area contributed by atoms with Crippen LogP contribution in [0.15, 0.2) is 48.7 Å². The van der Waals surface area contributed by atoms with E-state index >= 15 is 0 Å². The number of amides is 1. The first-order chi connectivity index (χ1) is 10.6. The minimum Gasteiger partial charge on any atom is -0.385 e. The second kappa shape index (κ2) is 7.93. The minimum atomic E-state index is -0.0409. The second-order valence-corrected chi connectivity index (χ2v) is 4.91. The largest absolute Gasteiger partial charge is 0.385 e. The van der Waals surface area contributed by atoms with Gasteiger partial charge in [-0.05, 0) is 31.2 Å². The van der Waals surface area contributed by atoms with Crippen molar-refractivity contribution in [3.8, 4) is 0 Å². The zero-order valence-electron chi connectivity index (χ0n) is 12.5. The summed E-state index contributed by atoms with van der Waals surface area (Å²) in [6.07, 6.45) is 2.06. The van der Waals surface area contributed by atoms with Gasteiger partial charge in [-0.2, -0.15) is 0 Å². The molecule has 1 aromatic heterocycles. The van der Waals surface area contributed by atoms with Gasteiger partial charge in [0.25, 0.3) is 0 Å². The van der Waals surface area contributed by atoms with Gasteiger partial charge in [-0.1, -0.05) is 18.2 Å². The molecule has 0 atom stereocenters. The molecule has 1 heterocycles. The van der Waals surface area contributed by atoms with Gasteiger partial charge in [-0.25, -0.2) is 0 Å². The molecule has 1 aromatic carbocycles. The number of hydrogen-bond donors (Lipinski definition) is 2. The summed E-state index contributed by atoms with van der Waals surface area (Å²) >= 11 is 0. The highest BCUT2D eigenvalue weighted by Gasteiger charge is 2.03. The summed E-state index contributed by atoms with van der Waals surface area (Å²) in [5, 5.41) is 5.96. The zero-order chi connectivity index (χ0) is 15.8. The van der Waals surface area contributed by atoms with Crippen LogP contribution in [0.5, 0.6) is 0 Å². The number of carbonyl (C=O) groups is 2. The number of carbonyl (C=O) groups excluding carboxylic acids is 2. The number of hydrogen-bond acceptors (Lipinski definition) is 4. The molecule has 2 aromatic rings. The van der Waals surface area contributed by atoms with Crippen LogP contribution in [-0.2, 0) is 11.3 Å². The van der Waals surface area contributed by atoms with Crippen LogP contribution in [-0.4, -0.2) is 23.2 Å². The molecule has 0 radical (unpaired) electrons. The molecular formula is C17H19N3O2. The van der Waals surface area contributed by atoms with Crippen molar-refractivity contribution in [2.45, 2.75) is 19.9 Å². The average molecular weight is 297 g/mol. The lowest BCUT2D eigenvalue weighted by molar-refractivity contribution is -0.121. The predicted molar refractivity (Wildman–Crippen MR) is 85.6 cm³/mol. The van der Waals surface area contributed by atoms with E-state index in [9.17, 15) is 9.59 Å². The standard InChI is InChI=1S/C17H19N3O2/c1-13(21)14-5-4-7-15(11-14)19-10-8-17(22)20-12-16-6-2-3-9-18-16/h2-7,9,11,19H,8,10,12H2,1H3,(H,20,22). The number of pyridine rings is 1. The Morgan fingerprint density at radius 3 is 2.73 bits per heavy atom. The van der Waals surface area contributed by atoms with Crippen LogP contribution < -0.4 is 10.6 Å². The molecule has 0 saturated carbocycles. The molecule has 0 spiro atoms. The van der Waals surface area contributed by atoms with Gasteiger partial charge in [0, 0.05) is 30.4 Å². The molecule has 0 unspecified atom stereocenters. The molecule has 22 heavy (non-hydrogen) atoms. The summed E-state index contributed by atoms with van der Waals surface area (Å²) in [5.41, 5.74) is 2.33. The summed E-state index contributed by atoms with van der Waals surface area (Å²) in [7, 11) is 0. The Morgan fingerprint density at radius 2 is 2.00 bits per heavy atom. The number of nitrogens with one attached hydrogen (secondary N) is 2. The summed E-state index contributed by atoms with van der Waals surface area (Å²) in [4.78, 5) is 27.2. The van der Waals surface area contributed by atoms with E-state index in [1.54, 1.807) is 18.3 Å². The van der Waals surface area contributed by atoms with E-state index in [0.717, 1.165) is 11.4 Å². The number of nitrogens with zero attached hydrogens (tertiary/aromatic N) is 1. The van der Waals surface area contributed by atoms with Gasteiger partial charge in [0.1, 0.15) is 0 Å². The van der Waals surface area contributed by atoms with Crippen molar-refractivity contribution in [2.75, 3.05) is 11.9 Å². The van der Waals surface area contributed by atoms with E-state index in [-0.39, 0.29) is 11.7 Å². The first-order valence-corrected chi connectivity index (χ1v) is 7.16. The van der Waals surface area contributed by atoms with E-state index in [1.165, 1.54) is 6.92 Å². The Bertz CT molecular complexity index is 641. The Kier molecular flexibility index (Phi) is 5.65. The maximum absolute atomic E-state index is 11.7. The van der Waals surface area contributed by atoms with Gasteiger partial charge < -0.3 is 10.6 Å². The van der Waals surface area contributed by atoms with Crippen molar-refractivity contribution in [1.29, 1.82) is 0 Å². The van der Waals surface area contributed by atoms with Crippen LogP contribution in [0.2, 0.25) is 0 Å². The number of aromatic nitrogens is 1. The van der Waals surface area contributed by atoms with Gasteiger partial charge in [-0.15, -0.1) is 0 Å². The molecule has 0 bridgehead atoms. The normalized spacial score (nSPS) is 10.0. The number of anilines is 1. The zero-order valence-corrected chi connectivity index (χ0v) is 12.5. The van der Waals surface area contributed by atoms with Crippen molar-refractivity contribution in [3.05, 3.63) is 59.9 Å². The van der Waals surface area contributed by atoms with Crippen LogP contribution in [0.3, 0.4) is 0 Å². The van der Waals surface area contributed by atoms with Gasteiger partial charge in [0.05, 0.1) is 12.2 Å². The third kappa shape index (κ3) is 5.01. The average Bonchev–Trinajstić information content (AvgIpc) is 2.54. The highest BCUT2D eigenvalue weighted by Crippen LogP contribution is 2.10. The monoisotopic (exact) mass is 297 g/mol. The topological polar surface area (TPSA) is 71.1 Å². The number of ketones is 1. The van der Waals surface area contributed by atoms with Crippen LogP contribution >= 0.6 is 0 Å². The lowest BCUT2D eigenvalue weighted by Gasteiger charge is -2.08. The maximum Gasteiger partial charge on any atom is 0.222 e. The van der Waals surface area contributed by atoms with Gasteiger partial charge in [-0.3, -0.25) is 14.6 Å². The fourth-order valence-corrected chi connectivity index (χ4v) is 1.95. The molecule has 5 nitrogen and oxygen atoms in total. The fourth-order valence-electron chi connectivity index (χ4n) is 1.95. The van der Waals surface area contributed by atoms with Crippen LogP contribution in [0.25, 0.3) is 0 Å². The van der Waals surface area contributed by atoms with Crippen LogP contribution in [0, 0.1) is 0 Å². The highest BCUT2D eigenvalue weighted by atomic mass is 16.1. The molecule has 0 saturated heterocycles. The molecular weight excluding hydrogens is 278 g/mol. The molecule has 0 aliphatic carbocycles. The Balaban J connectivity index is 1.73. The minimum absolute atomic E-state index is 0.0248. The smallest absolute Gasteiger partial charge is 0.222 e. The molecule has 0 fully saturated rings. The molecule has 114 valence electrons. The Hall–Kier alpha value is -2.69. The van der Waals surface area contributed by atoms with Gasteiger partial charge >= 0.3 is 0 Å². The van der Waals surface area contributed by atoms with Crippen LogP contribution in [0.4, 0.5) is 5.69 Å². The van der Waals surface area contributed by atoms with E-state index in [2.05, 4.69) is 15.6 Å². The van der Waals surface area contributed by atoms with E-state index in [0.29, 0.717) is 25.1 Å². The number of rotatable bonds is 7. The molecule has 2 N–H and O–H groups in total. The van der Waals surface area contributed by atoms with Crippen molar-refractivity contribution < 1.29 is 9.59 Å². The summed E-state index contributed by atoms with van der Waals surface area (Å²) < 4.78 is 0. The number of Topliss-reactive ketones (excluding diaryl/α,β-unsaturated/α-hetero) is 1. The lowest BCUT2D eigenvalue weighted by atomic mass is 10.1. The van der Waals surface area contributed by atoms with E-state index in [1.807, 2.05) is 30.3 Å². The van der Waals surface area contributed by atoms with Gasteiger partial charge in [0.15, 0.2) is 5.78 Å². The molecule has 2 rings (SSSR count). The van der Waals surface area contributed by atoms with Crippen molar-refractivity contribution in [1.82, 2.24) is 10.3 Å². The molecule has 1 amide bonds. The Morgan fingerprint density at radius 1 is 1.14 bits per heavy atom. The van der Waals surface area contributed by atoms with Gasteiger partial charge in [0.2, 0.25) is 5.91 Å². The van der Waals surface area contributed by atoms with Crippen LogP contribution in [0.1, 0.15) is 29.4 Å². The van der Waals surface area contributed by atoms with Crippen molar-refractivity contribution >= 4 is 17.4 Å². The third-order valence-electron chi connectivity index (χ3n) is 3.14. The third-order valence-corrected chi connectivity index (χ3v) is 3.14. The van der Waals surface area contributed by atoms with E-state index in [4.69, 9.17) is 0 Å². The number of benzene rings is 1. The fraction of sp³-hybridized carbons (Fsp3) is 0.235. The molecule has 5 heteroatoms. The summed E-state index contributed by atoms with van der Waals surface area (Å²) in [6, 6.07) is 12.8. The summed E-state index contributed by atoms with van der Waals surface area (Å²) in [6.45, 7) is 2.47. The predicted octanol–water partition coefficient (Wildman–Crippen LogP) is 2.40. The summed E-state index contributed by atoms with van der Waals surface area (Å²) in [5.74, 6) is -0.0161. The van der Waals surface area contributed by atoms with Crippen molar-refractivity contribution in [2.24, 2.45) is 0 Å². The first-order valence-electron chi connectivity index (χ1n) is 7.16. The van der Waals surface area contributed by atoms with Crippen molar-refractivity contribution in [3.63, 3.8) is 0 Å². The first kappa shape index (κ1) is 15.7.